The Balaban J connectivity index is 1.47. The minimum atomic E-state index is 0.197. The Kier molecular flexibility index (Phi) is 5.51. The molecule has 0 spiro atoms. The standard InChI is InChI=1S/C18H25ClN2O/c19-16-8-6-15(7-9-16)18(22)14-20-10-12-21(13-11-20)17-4-2-1-3-5-17/h6-9,17H,1-5,10-14H2. The Morgan fingerprint density at radius 1 is 1.00 bits per heavy atom. The SMILES string of the molecule is O=C(CN1CCN(C2CCCCC2)CC1)c1ccc(Cl)cc1. The first-order valence-electron chi connectivity index (χ1n) is 8.47. The zero-order valence-corrected chi connectivity index (χ0v) is 13.9. The summed E-state index contributed by atoms with van der Waals surface area (Å²) in [5.74, 6) is 0.197. The summed E-state index contributed by atoms with van der Waals surface area (Å²) in [6.45, 7) is 4.77. The molecule has 1 aliphatic heterocycles. The first-order valence-corrected chi connectivity index (χ1v) is 8.85. The lowest BCUT2D eigenvalue weighted by Gasteiger charge is -2.40. The van der Waals surface area contributed by atoms with Crippen molar-refractivity contribution in [2.75, 3.05) is 32.7 Å². The van der Waals surface area contributed by atoms with E-state index in [-0.39, 0.29) is 5.78 Å². The van der Waals surface area contributed by atoms with E-state index >= 15 is 0 Å². The van der Waals surface area contributed by atoms with Crippen molar-refractivity contribution in [1.82, 2.24) is 9.80 Å². The molecule has 1 aliphatic carbocycles. The summed E-state index contributed by atoms with van der Waals surface area (Å²) < 4.78 is 0. The smallest absolute Gasteiger partial charge is 0.176 e. The lowest BCUT2D eigenvalue weighted by molar-refractivity contribution is 0.0691. The highest BCUT2D eigenvalue weighted by molar-refractivity contribution is 6.30. The zero-order valence-electron chi connectivity index (χ0n) is 13.1. The van der Waals surface area contributed by atoms with Crippen molar-refractivity contribution in [1.29, 1.82) is 0 Å². The van der Waals surface area contributed by atoms with Crippen LogP contribution in [-0.4, -0.2) is 54.3 Å². The summed E-state index contributed by atoms with van der Waals surface area (Å²) in [7, 11) is 0. The lowest BCUT2D eigenvalue weighted by Crippen LogP contribution is -2.51. The van der Waals surface area contributed by atoms with Crippen LogP contribution < -0.4 is 0 Å². The molecule has 0 unspecified atom stereocenters. The number of piperazine rings is 1. The molecule has 3 rings (SSSR count). The third-order valence-corrected chi connectivity index (χ3v) is 5.28. The van der Waals surface area contributed by atoms with Crippen molar-refractivity contribution in [3.05, 3.63) is 34.9 Å². The monoisotopic (exact) mass is 320 g/mol. The van der Waals surface area contributed by atoms with Gasteiger partial charge in [-0.05, 0) is 37.1 Å². The van der Waals surface area contributed by atoms with E-state index in [0.717, 1.165) is 37.8 Å². The van der Waals surface area contributed by atoms with Gasteiger partial charge in [0.15, 0.2) is 5.78 Å². The highest BCUT2D eigenvalue weighted by atomic mass is 35.5. The predicted octanol–water partition coefficient (Wildman–Crippen LogP) is 3.47. The Labute approximate surface area is 138 Å². The number of carbonyl (C=O) groups excluding carboxylic acids is 1. The molecule has 3 nitrogen and oxygen atoms in total. The van der Waals surface area contributed by atoms with Gasteiger partial charge in [-0.1, -0.05) is 30.9 Å². The number of hydrogen-bond acceptors (Lipinski definition) is 3. The number of carbonyl (C=O) groups is 1. The van der Waals surface area contributed by atoms with Crippen molar-refractivity contribution >= 4 is 17.4 Å². The van der Waals surface area contributed by atoms with Crippen LogP contribution >= 0.6 is 11.6 Å². The highest BCUT2D eigenvalue weighted by Gasteiger charge is 2.25. The van der Waals surface area contributed by atoms with E-state index in [1.807, 2.05) is 12.1 Å². The van der Waals surface area contributed by atoms with Gasteiger partial charge in [0.25, 0.3) is 0 Å². The van der Waals surface area contributed by atoms with E-state index < -0.39 is 0 Å². The molecular weight excluding hydrogens is 296 g/mol. The molecule has 0 amide bonds. The lowest BCUT2D eigenvalue weighted by atomic mass is 9.94. The van der Waals surface area contributed by atoms with Crippen LogP contribution in [-0.2, 0) is 0 Å². The quantitative estimate of drug-likeness (QED) is 0.794. The maximum Gasteiger partial charge on any atom is 0.176 e. The van der Waals surface area contributed by atoms with Gasteiger partial charge < -0.3 is 0 Å². The molecule has 1 saturated carbocycles. The summed E-state index contributed by atoms with van der Waals surface area (Å²) in [5.41, 5.74) is 0.763. The van der Waals surface area contributed by atoms with Gasteiger partial charge in [0.05, 0.1) is 6.54 Å². The number of halogens is 1. The van der Waals surface area contributed by atoms with Gasteiger partial charge in [-0.15, -0.1) is 0 Å². The van der Waals surface area contributed by atoms with Crippen molar-refractivity contribution in [3.8, 4) is 0 Å². The number of ketones is 1. The van der Waals surface area contributed by atoms with Crippen LogP contribution in [0.4, 0.5) is 0 Å². The van der Waals surface area contributed by atoms with Crippen molar-refractivity contribution in [2.45, 2.75) is 38.1 Å². The van der Waals surface area contributed by atoms with Gasteiger partial charge in [0.2, 0.25) is 0 Å². The van der Waals surface area contributed by atoms with Crippen LogP contribution in [0, 0.1) is 0 Å². The average molecular weight is 321 g/mol. The summed E-state index contributed by atoms with van der Waals surface area (Å²) in [6, 6.07) is 8.01. The minimum Gasteiger partial charge on any atom is -0.298 e. The fourth-order valence-corrected chi connectivity index (χ4v) is 3.79. The molecule has 1 saturated heterocycles. The molecule has 22 heavy (non-hydrogen) atoms. The largest absolute Gasteiger partial charge is 0.298 e. The Morgan fingerprint density at radius 2 is 1.64 bits per heavy atom. The third-order valence-electron chi connectivity index (χ3n) is 5.03. The molecule has 2 fully saturated rings. The van der Waals surface area contributed by atoms with Crippen LogP contribution in [0.1, 0.15) is 42.5 Å². The van der Waals surface area contributed by atoms with Crippen molar-refractivity contribution in [2.24, 2.45) is 0 Å². The molecule has 2 aliphatic rings. The van der Waals surface area contributed by atoms with Crippen molar-refractivity contribution < 1.29 is 4.79 Å². The molecule has 1 heterocycles. The van der Waals surface area contributed by atoms with Gasteiger partial charge >= 0.3 is 0 Å². The average Bonchev–Trinajstić information content (AvgIpc) is 2.57. The second-order valence-corrected chi connectivity index (χ2v) is 6.97. The van der Waals surface area contributed by atoms with Crippen molar-refractivity contribution in [3.63, 3.8) is 0 Å². The number of rotatable bonds is 4. The molecule has 0 radical (unpaired) electrons. The maximum atomic E-state index is 12.3. The molecule has 4 heteroatoms. The topological polar surface area (TPSA) is 23.6 Å². The van der Waals surface area contributed by atoms with Gasteiger partial charge in [0, 0.05) is 42.8 Å². The molecule has 0 aromatic heterocycles. The molecule has 1 aromatic rings. The van der Waals surface area contributed by atoms with E-state index in [1.165, 1.54) is 32.1 Å². The predicted molar refractivity (Wildman–Crippen MR) is 90.7 cm³/mol. The minimum absolute atomic E-state index is 0.197. The van der Waals surface area contributed by atoms with Gasteiger partial charge in [-0.3, -0.25) is 14.6 Å². The normalized spacial score (nSPS) is 21.9. The fourth-order valence-electron chi connectivity index (χ4n) is 3.66. The van der Waals surface area contributed by atoms with E-state index in [4.69, 9.17) is 11.6 Å². The van der Waals surface area contributed by atoms with E-state index in [2.05, 4.69) is 9.80 Å². The molecule has 1 aromatic carbocycles. The molecular formula is C18H25ClN2O. The van der Waals surface area contributed by atoms with Gasteiger partial charge in [-0.25, -0.2) is 0 Å². The first-order chi connectivity index (χ1) is 10.7. The fraction of sp³-hybridized carbons (Fsp3) is 0.611. The number of nitrogens with zero attached hydrogens (tertiary/aromatic N) is 2. The van der Waals surface area contributed by atoms with E-state index in [1.54, 1.807) is 12.1 Å². The Morgan fingerprint density at radius 3 is 2.27 bits per heavy atom. The Bertz CT molecular complexity index is 488. The summed E-state index contributed by atoms with van der Waals surface area (Å²) in [6.07, 6.45) is 6.92. The second-order valence-electron chi connectivity index (χ2n) is 6.53. The molecule has 120 valence electrons. The summed E-state index contributed by atoms with van der Waals surface area (Å²) >= 11 is 5.87. The van der Waals surface area contributed by atoms with E-state index in [9.17, 15) is 4.79 Å². The van der Waals surface area contributed by atoms with Crippen LogP contribution in [0.15, 0.2) is 24.3 Å². The molecule has 0 bridgehead atoms. The number of Topliss-reactive ketones (excluding diaryl/α,β-unsaturated/α-hetero) is 1. The molecule has 0 N–H and O–H groups in total. The van der Waals surface area contributed by atoms with Crippen LogP contribution in [0.3, 0.4) is 0 Å². The van der Waals surface area contributed by atoms with Crippen LogP contribution in [0.5, 0.6) is 0 Å². The maximum absolute atomic E-state index is 12.3. The first kappa shape index (κ1) is 16.0. The van der Waals surface area contributed by atoms with E-state index in [0.29, 0.717) is 11.6 Å². The van der Waals surface area contributed by atoms with Gasteiger partial charge in [-0.2, -0.15) is 0 Å². The van der Waals surface area contributed by atoms with Crippen LogP contribution in [0.25, 0.3) is 0 Å². The van der Waals surface area contributed by atoms with Gasteiger partial charge in [0.1, 0.15) is 0 Å². The Hall–Kier alpha value is -0.900. The third kappa shape index (κ3) is 4.09. The van der Waals surface area contributed by atoms with Crippen LogP contribution in [0.2, 0.25) is 5.02 Å². The zero-order chi connectivity index (χ0) is 15.4. The highest BCUT2D eigenvalue weighted by Crippen LogP contribution is 2.23. The number of hydrogen-bond donors (Lipinski definition) is 0. The summed E-state index contributed by atoms with van der Waals surface area (Å²) in [4.78, 5) is 17.2. The molecule has 0 atom stereocenters. The second kappa shape index (κ2) is 7.58. The summed E-state index contributed by atoms with van der Waals surface area (Å²) in [5, 5.41) is 0.678. The number of benzene rings is 1.